The molecule has 2 aliphatic heterocycles. The number of amidine groups is 1. The highest BCUT2D eigenvalue weighted by atomic mass is 32.2. The molecule has 1 aromatic carbocycles. The Morgan fingerprint density at radius 2 is 1.92 bits per heavy atom. The predicted molar refractivity (Wildman–Crippen MR) is 97.6 cm³/mol. The van der Waals surface area contributed by atoms with Crippen molar-refractivity contribution in [3.05, 3.63) is 54.4 Å². The Kier molecular flexibility index (Phi) is 4.20. The van der Waals surface area contributed by atoms with Crippen LogP contribution in [0.2, 0.25) is 0 Å². The van der Waals surface area contributed by atoms with Gasteiger partial charge in [0.1, 0.15) is 10.7 Å². The van der Waals surface area contributed by atoms with Crippen molar-refractivity contribution in [2.75, 3.05) is 18.4 Å². The smallest absolute Gasteiger partial charge is 0.286 e. The average Bonchev–Trinajstić information content (AvgIpc) is 2.68. The zero-order chi connectivity index (χ0) is 18.1. The van der Waals surface area contributed by atoms with E-state index in [9.17, 15) is 13.2 Å². The number of para-hydroxylation sites is 1. The van der Waals surface area contributed by atoms with Gasteiger partial charge in [-0.25, -0.2) is 0 Å². The van der Waals surface area contributed by atoms with Crippen LogP contribution in [-0.4, -0.2) is 43.1 Å². The summed E-state index contributed by atoms with van der Waals surface area (Å²) in [5, 5.41) is 3.14. The summed E-state index contributed by atoms with van der Waals surface area (Å²) in [7, 11) is -3.72. The maximum atomic E-state index is 12.7. The van der Waals surface area contributed by atoms with E-state index in [4.69, 9.17) is 0 Å². The van der Waals surface area contributed by atoms with Crippen molar-refractivity contribution < 1.29 is 13.2 Å². The van der Waals surface area contributed by atoms with Gasteiger partial charge in [-0.2, -0.15) is 8.42 Å². The standard InChI is InChI=1S/C18H18N4O3S/c23-18(13-7-9-19-10-8-13)22-11-3-4-14(12-22)17-20-15-5-1-2-6-16(15)26(24,25)21-17/h1-2,5-10,14H,3-4,11-12H2,(H,20,21)/t14-/m0/s1. The van der Waals surface area contributed by atoms with Gasteiger partial charge in [-0.1, -0.05) is 12.1 Å². The minimum Gasteiger partial charge on any atom is -0.342 e. The Balaban J connectivity index is 1.57. The molecule has 26 heavy (non-hydrogen) atoms. The van der Waals surface area contributed by atoms with Gasteiger partial charge >= 0.3 is 0 Å². The molecule has 0 radical (unpaired) electrons. The first-order chi connectivity index (χ1) is 12.5. The molecule has 1 aromatic heterocycles. The third-order valence-electron chi connectivity index (χ3n) is 4.67. The van der Waals surface area contributed by atoms with E-state index < -0.39 is 10.0 Å². The van der Waals surface area contributed by atoms with Crippen LogP contribution in [0.4, 0.5) is 5.69 Å². The first-order valence-corrected chi connectivity index (χ1v) is 9.89. The van der Waals surface area contributed by atoms with Gasteiger partial charge in [0.15, 0.2) is 0 Å². The number of carbonyl (C=O) groups excluding carboxylic acids is 1. The maximum Gasteiger partial charge on any atom is 0.286 e. The number of anilines is 1. The molecule has 134 valence electrons. The van der Waals surface area contributed by atoms with Crippen LogP contribution >= 0.6 is 0 Å². The number of benzene rings is 1. The maximum absolute atomic E-state index is 12.7. The molecule has 1 atom stereocenters. The summed E-state index contributed by atoms with van der Waals surface area (Å²) in [5.41, 5.74) is 1.12. The van der Waals surface area contributed by atoms with Gasteiger partial charge in [-0.05, 0) is 37.1 Å². The lowest BCUT2D eigenvalue weighted by molar-refractivity contribution is 0.0703. The predicted octanol–water partition coefficient (Wildman–Crippen LogP) is 2.15. The minimum atomic E-state index is -3.72. The molecule has 1 fully saturated rings. The van der Waals surface area contributed by atoms with Crippen molar-refractivity contribution >= 4 is 27.5 Å². The summed E-state index contributed by atoms with van der Waals surface area (Å²) in [6.45, 7) is 1.08. The molecule has 3 heterocycles. The first-order valence-electron chi connectivity index (χ1n) is 8.45. The molecule has 1 amide bonds. The molecule has 0 unspecified atom stereocenters. The van der Waals surface area contributed by atoms with Crippen LogP contribution in [0.1, 0.15) is 23.2 Å². The normalized spacial score (nSPS) is 21.3. The SMILES string of the molecule is O=C(c1ccncc1)N1CCC[C@H](C2=NS(=O)(=O)c3ccccc3N2)C1. The summed E-state index contributed by atoms with van der Waals surface area (Å²) in [5.74, 6) is 0.199. The minimum absolute atomic E-state index is 0.0724. The molecule has 0 spiro atoms. The molecular weight excluding hydrogens is 352 g/mol. The number of sulfonamides is 1. The van der Waals surface area contributed by atoms with Gasteiger partial charge in [-0.15, -0.1) is 4.40 Å². The Bertz CT molecular complexity index is 973. The lowest BCUT2D eigenvalue weighted by atomic mass is 9.96. The molecular formula is C18H18N4O3S. The van der Waals surface area contributed by atoms with Crippen molar-refractivity contribution in [2.24, 2.45) is 10.3 Å². The van der Waals surface area contributed by atoms with Crippen molar-refractivity contribution in [3.63, 3.8) is 0 Å². The third-order valence-corrected chi connectivity index (χ3v) is 6.02. The van der Waals surface area contributed by atoms with Gasteiger partial charge in [-0.3, -0.25) is 9.78 Å². The number of hydrogen-bond donors (Lipinski definition) is 1. The fourth-order valence-electron chi connectivity index (χ4n) is 3.37. The van der Waals surface area contributed by atoms with E-state index in [-0.39, 0.29) is 16.7 Å². The monoisotopic (exact) mass is 370 g/mol. The largest absolute Gasteiger partial charge is 0.342 e. The summed E-state index contributed by atoms with van der Waals surface area (Å²) < 4.78 is 28.9. The van der Waals surface area contributed by atoms with Crippen LogP contribution in [0.25, 0.3) is 0 Å². The van der Waals surface area contributed by atoms with Gasteiger partial charge in [0, 0.05) is 37.0 Å². The van der Waals surface area contributed by atoms with Crippen molar-refractivity contribution in [1.82, 2.24) is 9.88 Å². The highest BCUT2D eigenvalue weighted by molar-refractivity contribution is 7.90. The lowest BCUT2D eigenvalue weighted by Crippen LogP contribution is -2.44. The summed E-state index contributed by atoms with van der Waals surface area (Å²) in [4.78, 5) is 18.5. The second-order valence-corrected chi connectivity index (χ2v) is 7.97. The van der Waals surface area contributed by atoms with Crippen LogP contribution in [-0.2, 0) is 10.0 Å². The van der Waals surface area contributed by atoms with Gasteiger partial charge < -0.3 is 10.2 Å². The third kappa shape index (κ3) is 3.08. The number of piperidine rings is 1. The van der Waals surface area contributed by atoms with E-state index in [0.717, 1.165) is 12.8 Å². The molecule has 8 heteroatoms. The molecule has 1 N–H and O–H groups in total. The number of hydrogen-bond acceptors (Lipinski definition) is 5. The van der Waals surface area contributed by atoms with Crippen LogP contribution < -0.4 is 5.32 Å². The zero-order valence-corrected chi connectivity index (χ0v) is 14.8. The highest BCUT2D eigenvalue weighted by Crippen LogP contribution is 2.30. The van der Waals surface area contributed by atoms with Gasteiger partial charge in [0.05, 0.1) is 5.69 Å². The second-order valence-electron chi connectivity index (χ2n) is 6.40. The fourth-order valence-corrected chi connectivity index (χ4v) is 4.57. The van der Waals surface area contributed by atoms with Crippen LogP contribution in [0, 0.1) is 5.92 Å². The average molecular weight is 370 g/mol. The topological polar surface area (TPSA) is 91.7 Å². The van der Waals surface area contributed by atoms with Crippen molar-refractivity contribution in [1.29, 1.82) is 0 Å². The number of carbonyl (C=O) groups is 1. The summed E-state index contributed by atoms with van der Waals surface area (Å²) in [6, 6.07) is 10.1. The highest BCUT2D eigenvalue weighted by Gasteiger charge is 2.32. The fraction of sp³-hybridized carbons (Fsp3) is 0.278. The van der Waals surface area contributed by atoms with Crippen LogP contribution in [0.15, 0.2) is 58.1 Å². The lowest BCUT2D eigenvalue weighted by Gasteiger charge is -2.34. The number of pyridine rings is 1. The molecule has 7 nitrogen and oxygen atoms in total. The number of likely N-dealkylation sites (tertiary alicyclic amines) is 1. The molecule has 4 rings (SSSR count). The quantitative estimate of drug-likeness (QED) is 0.874. The molecule has 0 bridgehead atoms. The molecule has 2 aromatic rings. The Morgan fingerprint density at radius 3 is 2.73 bits per heavy atom. The van der Waals surface area contributed by atoms with E-state index >= 15 is 0 Å². The molecule has 0 saturated carbocycles. The van der Waals surface area contributed by atoms with Gasteiger partial charge in [0.2, 0.25) is 0 Å². The van der Waals surface area contributed by atoms with Crippen LogP contribution in [0.5, 0.6) is 0 Å². The number of rotatable bonds is 2. The molecule has 1 saturated heterocycles. The van der Waals surface area contributed by atoms with E-state index in [2.05, 4.69) is 14.7 Å². The second kappa shape index (κ2) is 6.53. The number of nitrogens with zero attached hydrogens (tertiary/aromatic N) is 3. The Morgan fingerprint density at radius 1 is 1.15 bits per heavy atom. The number of nitrogens with one attached hydrogen (secondary N) is 1. The zero-order valence-electron chi connectivity index (χ0n) is 14.0. The Hall–Kier alpha value is -2.74. The summed E-state index contributed by atoms with van der Waals surface area (Å²) in [6.07, 6.45) is 4.75. The first kappa shape index (κ1) is 16.7. The van der Waals surface area contributed by atoms with Crippen molar-refractivity contribution in [3.8, 4) is 0 Å². The van der Waals surface area contributed by atoms with Crippen LogP contribution in [0.3, 0.4) is 0 Å². The van der Waals surface area contributed by atoms with E-state index in [1.165, 1.54) is 6.07 Å². The number of fused-ring (bicyclic) bond motifs is 1. The van der Waals surface area contributed by atoms with Crippen molar-refractivity contribution in [2.45, 2.75) is 17.7 Å². The molecule has 0 aliphatic carbocycles. The number of aromatic nitrogens is 1. The molecule has 2 aliphatic rings. The Labute approximate surface area is 151 Å². The van der Waals surface area contributed by atoms with Gasteiger partial charge in [0.25, 0.3) is 15.9 Å². The van der Waals surface area contributed by atoms with E-state index in [0.29, 0.717) is 30.2 Å². The van der Waals surface area contributed by atoms with E-state index in [1.807, 2.05) is 0 Å². The summed E-state index contributed by atoms with van der Waals surface area (Å²) >= 11 is 0. The van der Waals surface area contributed by atoms with E-state index in [1.54, 1.807) is 47.6 Å². The number of amides is 1.